The van der Waals surface area contributed by atoms with Gasteiger partial charge in [-0.15, -0.1) is 11.3 Å². The second kappa shape index (κ2) is 7.29. The first-order valence-corrected chi connectivity index (χ1v) is 10.1. The number of para-hydroxylation sites is 1. The Morgan fingerprint density at radius 1 is 1.17 bits per heavy atom. The summed E-state index contributed by atoms with van der Waals surface area (Å²) in [6.07, 6.45) is 0. The summed E-state index contributed by atoms with van der Waals surface area (Å²) < 4.78 is 3.24. The highest BCUT2D eigenvalue weighted by Crippen LogP contribution is 2.26. The molecule has 0 aliphatic rings. The number of fused-ring (bicyclic) bond motifs is 1. The molecule has 0 bridgehead atoms. The summed E-state index contributed by atoms with van der Waals surface area (Å²) in [6.45, 7) is 7.38. The predicted octanol–water partition coefficient (Wildman–Crippen LogP) is 3.77. The summed E-state index contributed by atoms with van der Waals surface area (Å²) in [5.74, 6) is -0.301. The van der Waals surface area contributed by atoms with Gasteiger partial charge in [-0.3, -0.25) is 14.2 Å². The number of carbonyl (C=O) groups excluding carboxylic acids is 1. The number of hydrogen-bond acceptors (Lipinski definition) is 5. The van der Waals surface area contributed by atoms with Crippen molar-refractivity contribution in [1.29, 1.82) is 0 Å². The average molecular weight is 407 g/mol. The van der Waals surface area contributed by atoms with Gasteiger partial charge in [0.15, 0.2) is 5.13 Å². The van der Waals surface area contributed by atoms with Gasteiger partial charge in [-0.1, -0.05) is 18.2 Å². The minimum absolute atomic E-state index is 0.245. The molecule has 7 nitrogen and oxygen atoms in total. The number of pyridine rings is 1. The van der Waals surface area contributed by atoms with Crippen LogP contribution in [0.4, 0.5) is 5.13 Å². The van der Waals surface area contributed by atoms with Gasteiger partial charge in [0.05, 0.1) is 17.1 Å². The molecule has 0 radical (unpaired) electrons. The van der Waals surface area contributed by atoms with E-state index >= 15 is 0 Å². The fourth-order valence-electron chi connectivity index (χ4n) is 3.49. The molecule has 1 atom stereocenters. The van der Waals surface area contributed by atoms with Crippen molar-refractivity contribution in [3.63, 3.8) is 0 Å². The van der Waals surface area contributed by atoms with Crippen LogP contribution < -0.4 is 10.9 Å². The molecule has 1 unspecified atom stereocenters. The zero-order chi connectivity index (χ0) is 20.7. The van der Waals surface area contributed by atoms with Crippen molar-refractivity contribution in [2.45, 2.75) is 33.7 Å². The Balaban J connectivity index is 1.89. The van der Waals surface area contributed by atoms with Gasteiger partial charge in [0.1, 0.15) is 11.7 Å². The maximum atomic E-state index is 13.0. The molecule has 0 fully saturated rings. The molecule has 0 saturated heterocycles. The molecule has 4 aromatic rings. The third-order valence-corrected chi connectivity index (χ3v) is 5.73. The van der Waals surface area contributed by atoms with Gasteiger partial charge in [0.2, 0.25) is 5.91 Å². The van der Waals surface area contributed by atoms with Crippen LogP contribution in [0.3, 0.4) is 0 Å². The van der Waals surface area contributed by atoms with Crippen LogP contribution in [-0.2, 0) is 4.79 Å². The van der Waals surface area contributed by atoms with Crippen molar-refractivity contribution in [1.82, 2.24) is 19.3 Å². The molecule has 148 valence electrons. The van der Waals surface area contributed by atoms with Crippen LogP contribution in [-0.4, -0.2) is 25.2 Å². The Morgan fingerprint density at radius 3 is 2.55 bits per heavy atom. The van der Waals surface area contributed by atoms with Crippen molar-refractivity contribution < 1.29 is 4.79 Å². The van der Waals surface area contributed by atoms with Crippen LogP contribution in [0.2, 0.25) is 0 Å². The quantitative estimate of drug-likeness (QED) is 0.558. The topological polar surface area (TPSA) is 81.8 Å². The molecule has 0 saturated carbocycles. The van der Waals surface area contributed by atoms with Crippen molar-refractivity contribution >= 4 is 33.4 Å². The fourth-order valence-corrected chi connectivity index (χ4v) is 4.18. The van der Waals surface area contributed by atoms with Gasteiger partial charge >= 0.3 is 0 Å². The number of hydrogen-bond donors (Lipinski definition) is 1. The maximum absolute atomic E-state index is 13.0. The lowest BCUT2D eigenvalue weighted by atomic mass is 10.1. The number of nitrogens with zero attached hydrogens (tertiary/aromatic N) is 4. The normalized spacial score (nSPS) is 12.3. The molecule has 3 heterocycles. The number of carbonyl (C=O) groups is 1. The van der Waals surface area contributed by atoms with Gasteiger partial charge in [-0.2, -0.15) is 5.10 Å². The number of nitrogens with one attached hydrogen (secondary N) is 1. The monoisotopic (exact) mass is 407 g/mol. The molecule has 0 aliphatic heterocycles. The number of aromatic nitrogens is 4. The van der Waals surface area contributed by atoms with Gasteiger partial charge in [-0.05, 0) is 45.4 Å². The van der Waals surface area contributed by atoms with Crippen molar-refractivity contribution in [3.05, 3.63) is 69.1 Å². The zero-order valence-electron chi connectivity index (χ0n) is 16.6. The number of aryl methyl sites for hydroxylation is 3. The number of amides is 1. The molecule has 29 heavy (non-hydrogen) atoms. The van der Waals surface area contributed by atoms with E-state index < -0.39 is 6.04 Å². The van der Waals surface area contributed by atoms with Crippen LogP contribution in [0.5, 0.6) is 0 Å². The molecule has 1 aromatic carbocycles. The van der Waals surface area contributed by atoms with Crippen molar-refractivity contribution in [3.8, 4) is 5.69 Å². The van der Waals surface area contributed by atoms with E-state index in [1.165, 1.54) is 15.9 Å². The van der Waals surface area contributed by atoms with Crippen LogP contribution >= 0.6 is 11.3 Å². The molecular formula is C21H21N5O2S. The van der Waals surface area contributed by atoms with Gasteiger partial charge in [0, 0.05) is 16.8 Å². The third kappa shape index (κ3) is 3.36. The molecule has 8 heteroatoms. The van der Waals surface area contributed by atoms with Gasteiger partial charge < -0.3 is 5.32 Å². The number of rotatable bonds is 4. The molecule has 0 aliphatic carbocycles. The Hall–Kier alpha value is -3.26. The van der Waals surface area contributed by atoms with Crippen LogP contribution in [0.1, 0.15) is 29.9 Å². The minimum Gasteiger partial charge on any atom is -0.300 e. The highest BCUT2D eigenvalue weighted by Gasteiger charge is 2.24. The van der Waals surface area contributed by atoms with E-state index in [0.29, 0.717) is 10.8 Å². The lowest BCUT2D eigenvalue weighted by molar-refractivity contribution is -0.118. The SMILES string of the molecule is Cc1csc(NC(=O)C(C)n2c(=O)cc(C)c3c(C)nn(-c4ccccc4)c32)n1. The number of anilines is 1. The molecule has 1 N–H and O–H groups in total. The van der Waals surface area contributed by atoms with Crippen LogP contribution in [0.15, 0.2) is 46.6 Å². The van der Waals surface area contributed by atoms with Gasteiger partial charge in [-0.25, -0.2) is 9.67 Å². The number of benzene rings is 1. The molecule has 4 rings (SSSR count). The Labute approximate surface area is 171 Å². The first-order valence-electron chi connectivity index (χ1n) is 9.26. The lowest BCUT2D eigenvalue weighted by Crippen LogP contribution is -2.32. The summed E-state index contributed by atoms with van der Waals surface area (Å²) in [7, 11) is 0. The van der Waals surface area contributed by atoms with E-state index in [1.807, 2.05) is 56.5 Å². The smallest absolute Gasteiger partial charge is 0.253 e. The Morgan fingerprint density at radius 2 is 1.90 bits per heavy atom. The highest BCUT2D eigenvalue weighted by atomic mass is 32.1. The molecule has 0 spiro atoms. The first-order chi connectivity index (χ1) is 13.9. The van der Waals surface area contributed by atoms with E-state index in [1.54, 1.807) is 17.7 Å². The summed E-state index contributed by atoms with van der Waals surface area (Å²) in [5.41, 5.74) is 3.67. The summed E-state index contributed by atoms with van der Waals surface area (Å²) in [4.78, 5) is 30.2. The Kier molecular flexibility index (Phi) is 4.79. The fraction of sp³-hybridized carbons (Fsp3) is 0.238. The van der Waals surface area contributed by atoms with Crippen molar-refractivity contribution in [2.75, 3.05) is 5.32 Å². The summed E-state index contributed by atoms with van der Waals surface area (Å²) in [5, 5.41) is 10.7. The standard InChI is InChI=1S/C21H21N5O2S/c1-12-10-17(27)25(15(4)19(28)23-21-22-13(2)11-29-21)20-18(12)14(3)24-26(20)16-8-6-5-7-9-16/h5-11,15H,1-4H3,(H,22,23,28). The zero-order valence-corrected chi connectivity index (χ0v) is 17.4. The number of thiazole rings is 1. The largest absolute Gasteiger partial charge is 0.300 e. The van der Waals surface area contributed by atoms with Crippen LogP contribution in [0.25, 0.3) is 16.7 Å². The second-order valence-corrected chi connectivity index (χ2v) is 7.88. The minimum atomic E-state index is -0.742. The molecular weight excluding hydrogens is 386 g/mol. The van der Waals surface area contributed by atoms with E-state index in [0.717, 1.165) is 28.0 Å². The highest BCUT2D eigenvalue weighted by molar-refractivity contribution is 7.13. The predicted molar refractivity (Wildman–Crippen MR) is 115 cm³/mol. The Bertz CT molecular complexity index is 1270. The average Bonchev–Trinajstić information content (AvgIpc) is 3.25. The second-order valence-electron chi connectivity index (χ2n) is 7.03. The van der Waals surface area contributed by atoms with Crippen LogP contribution in [0, 0.1) is 20.8 Å². The first kappa shape index (κ1) is 19.1. The third-order valence-electron chi connectivity index (χ3n) is 4.85. The summed E-state index contributed by atoms with van der Waals surface area (Å²) in [6, 6.07) is 10.4. The van der Waals surface area contributed by atoms with E-state index in [4.69, 9.17) is 0 Å². The van der Waals surface area contributed by atoms with Gasteiger partial charge in [0.25, 0.3) is 5.56 Å². The maximum Gasteiger partial charge on any atom is 0.253 e. The van der Waals surface area contributed by atoms with E-state index in [9.17, 15) is 9.59 Å². The van der Waals surface area contributed by atoms with E-state index in [-0.39, 0.29) is 11.5 Å². The molecule has 1 amide bonds. The lowest BCUT2D eigenvalue weighted by Gasteiger charge is -2.18. The summed E-state index contributed by atoms with van der Waals surface area (Å²) >= 11 is 1.36. The molecule has 3 aromatic heterocycles. The van der Waals surface area contributed by atoms with E-state index in [2.05, 4.69) is 15.4 Å². The van der Waals surface area contributed by atoms with Crippen molar-refractivity contribution in [2.24, 2.45) is 0 Å².